The normalized spacial score (nSPS) is 11.8. The monoisotopic (exact) mass is 359 g/mol. The van der Waals surface area contributed by atoms with Crippen molar-refractivity contribution in [2.24, 2.45) is 7.05 Å². The van der Waals surface area contributed by atoms with E-state index in [9.17, 15) is 0 Å². The summed E-state index contributed by atoms with van der Waals surface area (Å²) in [5, 5.41) is 2.22. The molecule has 3 nitrogen and oxygen atoms in total. The number of benzene rings is 1. The third-order valence-electron chi connectivity index (χ3n) is 5.53. The van der Waals surface area contributed by atoms with Crippen LogP contribution in [0.5, 0.6) is 0 Å². The van der Waals surface area contributed by atoms with Gasteiger partial charge in [0, 0.05) is 28.1 Å². The van der Waals surface area contributed by atoms with Gasteiger partial charge < -0.3 is 4.42 Å². The van der Waals surface area contributed by atoms with Crippen LogP contribution in [0.15, 0.2) is 40.9 Å². The Morgan fingerprint density at radius 1 is 1.04 bits per heavy atom. The molecule has 0 unspecified atom stereocenters. The van der Waals surface area contributed by atoms with Crippen LogP contribution in [0.3, 0.4) is 0 Å². The average molecular weight is 359 g/mol. The standard InChI is InChI=1S/C24H27N2O/c1-7-17-9-11-19-18-10-8-15(4)22(23(18)27-24(19)25-17)21-12-16(5)20(14(2)3)13-26(21)6/h8-14H,7H2,1-6H3/q+1. The third-order valence-corrected chi connectivity index (χ3v) is 5.53. The van der Waals surface area contributed by atoms with E-state index in [-0.39, 0.29) is 0 Å². The predicted octanol–water partition coefficient (Wildman–Crippen LogP) is 5.78. The molecule has 3 aromatic heterocycles. The maximum absolute atomic E-state index is 6.31. The second-order valence-electron chi connectivity index (χ2n) is 7.81. The summed E-state index contributed by atoms with van der Waals surface area (Å²) in [6, 6.07) is 10.9. The van der Waals surface area contributed by atoms with E-state index >= 15 is 0 Å². The maximum Gasteiger partial charge on any atom is 0.227 e. The minimum atomic E-state index is 0.505. The molecule has 0 fully saturated rings. The van der Waals surface area contributed by atoms with Gasteiger partial charge in [-0.1, -0.05) is 32.9 Å². The molecule has 0 N–H and O–H groups in total. The molecule has 0 spiro atoms. The summed E-state index contributed by atoms with van der Waals surface area (Å²) in [7, 11) is 2.12. The molecule has 0 radical (unpaired) electrons. The van der Waals surface area contributed by atoms with Crippen LogP contribution in [-0.2, 0) is 13.5 Å². The fourth-order valence-electron chi connectivity index (χ4n) is 4.00. The lowest BCUT2D eigenvalue weighted by Gasteiger charge is -2.11. The molecule has 138 valence electrons. The van der Waals surface area contributed by atoms with E-state index in [1.807, 2.05) is 0 Å². The Kier molecular flexibility index (Phi) is 4.26. The fourth-order valence-corrected chi connectivity index (χ4v) is 4.00. The summed E-state index contributed by atoms with van der Waals surface area (Å²) >= 11 is 0. The molecule has 0 amide bonds. The summed E-state index contributed by atoms with van der Waals surface area (Å²) < 4.78 is 8.53. The Labute approximate surface area is 160 Å². The third kappa shape index (κ3) is 2.82. The molecule has 3 heteroatoms. The number of furan rings is 1. The first-order chi connectivity index (χ1) is 12.9. The van der Waals surface area contributed by atoms with E-state index in [0.717, 1.165) is 39.7 Å². The van der Waals surface area contributed by atoms with Crippen molar-refractivity contribution >= 4 is 22.1 Å². The highest BCUT2D eigenvalue weighted by Crippen LogP contribution is 2.37. The lowest BCUT2D eigenvalue weighted by Crippen LogP contribution is -2.32. The number of hydrogen-bond acceptors (Lipinski definition) is 2. The van der Waals surface area contributed by atoms with Gasteiger partial charge in [0.15, 0.2) is 11.8 Å². The smallest absolute Gasteiger partial charge is 0.227 e. The highest BCUT2D eigenvalue weighted by atomic mass is 16.3. The maximum atomic E-state index is 6.31. The van der Waals surface area contributed by atoms with E-state index in [2.05, 4.69) is 82.8 Å². The fraction of sp³-hybridized carbons (Fsp3) is 0.333. The highest BCUT2D eigenvalue weighted by molar-refractivity contribution is 6.08. The van der Waals surface area contributed by atoms with Gasteiger partial charge in [-0.15, -0.1) is 0 Å². The molecule has 4 rings (SSSR count). The Morgan fingerprint density at radius 3 is 2.48 bits per heavy atom. The average Bonchev–Trinajstić information content (AvgIpc) is 3.00. The van der Waals surface area contributed by atoms with Gasteiger partial charge >= 0.3 is 0 Å². The molecule has 27 heavy (non-hydrogen) atoms. The molecular formula is C24H27N2O+. The Morgan fingerprint density at radius 2 is 1.78 bits per heavy atom. The molecule has 0 aliphatic carbocycles. The van der Waals surface area contributed by atoms with Crippen LogP contribution in [0, 0.1) is 13.8 Å². The van der Waals surface area contributed by atoms with Crippen LogP contribution in [0.2, 0.25) is 0 Å². The number of nitrogens with zero attached hydrogens (tertiary/aromatic N) is 2. The minimum absolute atomic E-state index is 0.505. The second kappa shape index (κ2) is 6.49. The summed E-state index contributed by atoms with van der Waals surface area (Å²) in [5.74, 6) is 0.505. The molecule has 0 aliphatic heterocycles. The van der Waals surface area contributed by atoms with E-state index in [4.69, 9.17) is 9.40 Å². The number of pyridine rings is 2. The number of aromatic nitrogens is 2. The SMILES string of the molecule is CCc1ccc2c(n1)oc1c(-c3cc(C)c(C(C)C)c[n+]3C)c(C)ccc12. The molecule has 0 atom stereocenters. The number of rotatable bonds is 3. The van der Waals surface area contributed by atoms with Gasteiger partial charge in [-0.2, -0.15) is 0 Å². The summed E-state index contributed by atoms with van der Waals surface area (Å²) in [4.78, 5) is 4.70. The number of fused-ring (bicyclic) bond motifs is 3. The molecule has 0 saturated heterocycles. The van der Waals surface area contributed by atoms with Gasteiger partial charge in [-0.3, -0.25) is 0 Å². The van der Waals surface area contributed by atoms with Gasteiger partial charge in [0.1, 0.15) is 7.05 Å². The lowest BCUT2D eigenvalue weighted by atomic mass is 9.95. The van der Waals surface area contributed by atoms with Gasteiger partial charge in [-0.25, -0.2) is 9.55 Å². The van der Waals surface area contributed by atoms with Crippen molar-refractivity contribution in [2.75, 3.05) is 0 Å². The largest absolute Gasteiger partial charge is 0.437 e. The van der Waals surface area contributed by atoms with Crippen LogP contribution in [0.4, 0.5) is 0 Å². The minimum Gasteiger partial charge on any atom is -0.437 e. The highest BCUT2D eigenvalue weighted by Gasteiger charge is 2.23. The Balaban J connectivity index is 2.04. The first-order valence-corrected chi connectivity index (χ1v) is 9.73. The summed E-state index contributed by atoms with van der Waals surface area (Å²) in [5.41, 5.74) is 8.96. The van der Waals surface area contributed by atoms with Crippen LogP contribution in [0.1, 0.15) is 49.1 Å². The molecule has 0 aliphatic rings. The molecule has 0 saturated carbocycles. The van der Waals surface area contributed by atoms with Crippen LogP contribution in [-0.4, -0.2) is 4.98 Å². The Hall–Kier alpha value is -2.68. The van der Waals surface area contributed by atoms with E-state index in [1.165, 1.54) is 22.4 Å². The van der Waals surface area contributed by atoms with Crippen molar-refractivity contribution in [1.82, 2.24) is 4.98 Å². The van der Waals surface area contributed by atoms with E-state index in [0.29, 0.717) is 5.92 Å². The topological polar surface area (TPSA) is 29.9 Å². The zero-order valence-corrected chi connectivity index (χ0v) is 17.1. The number of aryl methyl sites for hydroxylation is 4. The van der Waals surface area contributed by atoms with Crippen molar-refractivity contribution in [1.29, 1.82) is 0 Å². The van der Waals surface area contributed by atoms with Crippen molar-refractivity contribution in [3.8, 4) is 11.3 Å². The van der Waals surface area contributed by atoms with Crippen LogP contribution < -0.4 is 4.57 Å². The second-order valence-corrected chi connectivity index (χ2v) is 7.81. The van der Waals surface area contributed by atoms with Gasteiger partial charge in [0.25, 0.3) is 0 Å². The van der Waals surface area contributed by atoms with E-state index < -0.39 is 0 Å². The molecular weight excluding hydrogens is 332 g/mol. The van der Waals surface area contributed by atoms with Crippen molar-refractivity contribution in [3.05, 3.63) is 58.9 Å². The molecule has 1 aromatic carbocycles. The summed E-state index contributed by atoms with van der Waals surface area (Å²) in [6.07, 6.45) is 3.16. The molecule has 0 bridgehead atoms. The number of hydrogen-bond donors (Lipinski definition) is 0. The Bertz CT molecular complexity index is 1170. The van der Waals surface area contributed by atoms with Crippen LogP contribution in [0.25, 0.3) is 33.3 Å². The predicted molar refractivity (Wildman–Crippen MR) is 111 cm³/mol. The van der Waals surface area contributed by atoms with Gasteiger partial charge in [0.05, 0.1) is 5.56 Å². The van der Waals surface area contributed by atoms with Crippen molar-refractivity contribution < 1.29 is 8.98 Å². The van der Waals surface area contributed by atoms with Gasteiger partial charge in [-0.05, 0) is 49.4 Å². The van der Waals surface area contributed by atoms with Crippen molar-refractivity contribution in [2.45, 2.75) is 47.0 Å². The zero-order valence-electron chi connectivity index (χ0n) is 17.1. The quantitative estimate of drug-likeness (QED) is 0.434. The molecule has 4 aromatic rings. The first-order valence-electron chi connectivity index (χ1n) is 9.73. The van der Waals surface area contributed by atoms with Crippen molar-refractivity contribution in [3.63, 3.8) is 0 Å². The lowest BCUT2D eigenvalue weighted by molar-refractivity contribution is -0.660. The van der Waals surface area contributed by atoms with E-state index in [1.54, 1.807) is 0 Å². The summed E-state index contributed by atoms with van der Waals surface area (Å²) in [6.45, 7) is 10.9. The molecule has 3 heterocycles. The van der Waals surface area contributed by atoms with Crippen LogP contribution >= 0.6 is 0 Å². The van der Waals surface area contributed by atoms with Gasteiger partial charge in [0.2, 0.25) is 11.4 Å². The first kappa shape index (κ1) is 17.7. The zero-order chi connectivity index (χ0) is 19.3.